The Morgan fingerprint density at radius 3 is 2.58 bits per heavy atom. The van der Waals surface area contributed by atoms with Gasteiger partial charge in [0.15, 0.2) is 0 Å². The molecule has 3 nitrogen and oxygen atoms in total. The summed E-state index contributed by atoms with van der Waals surface area (Å²) in [6, 6.07) is 9.57. The summed E-state index contributed by atoms with van der Waals surface area (Å²) in [4.78, 5) is 12.3. The Kier molecular flexibility index (Phi) is 6.38. The van der Waals surface area contributed by atoms with Crippen molar-refractivity contribution in [3.8, 4) is 0 Å². The van der Waals surface area contributed by atoms with Crippen LogP contribution >= 0.6 is 11.8 Å². The Balaban J connectivity index is 2.49. The third kappa shape index (κ3) is 5.66. The van der Waals surface area contributed by atoms with Crippen molar-refractivity contribution in [2.45, 2.75) is 32.4 Å². The van der Waals surface area contributed by atoms with Crippen LogP contribution in [0.4, 0.5) is 5.69 Å². The number of nitrogens with two attached hydrogens (primary N) is 1. The molecule has 1 aromatic rings. The molecule has 0 aliphatic heterocycles. The Bertz CT molecular complexity index is 392. The van der Waals surface area contributed by atoms with Gasteiger partial charge >= 0.3 is 0 Å². The fourth-order valence-electron chi connectivity index (χ4n) is 1.56. The van der Waals surface area contributed by atoms with Crippen LogP contribution < -0.4 is 11.1 Å². The predicted molar refractivity (Wildman–Crippen MR) is 84.4 cm³/mol. The number of carbonyl (C=O) groups excluding carboxylic acids is 1. The average molecular weight is 280 g/mol. The minimum atomic E-state index is -0.386. The molecule has 1 amide bonds. The smallest absolute Gasteiger partial charge is 0.230 e. The second kappa shape index (κ2) is 7.56. The van der Waals surface area contributed by atoms with Crippen molar-refractivity contribution in [1.29, 1.82) is 0 Å². The maximum atomic E-state index is 12.3. The van der Waals surface area contributed by atoms with Gasteiger partial charge in [0, 0.05) is 16.7 Å². The first kappa shape index (κ1) is 16.1. The monoisotopic (exact) mass is 280 g/mol. The van der Waals surface area contributed by atoms with Crippen LogP contribution in [0.1, 0.15) is 27.2 Å². The van der Waals surface area contributed by atoms with E-state index in [9.17, 15) is 4.79 Å². The highest BCUT2D eigenvalue weighted by molar-refractivity contribution is 7.99. The molecule has 0 radical (unpaired) electrons. The SMILES string of the molecule is CC(CCN)SCC(C)(C)C(=O)Nc1ccccc1. The summed E-state index contributed by atoms with van der Waals surface area (Å²) >= 11 is 1.81. The lowest BCUT2D eigenvalue weighted by Crippen LogP contribution is -2.33. The van der Waals surface area contributed by atoms with E-state index in [0.717, 1.165) is 17.9 Å². The highest BCUT2D eigenvalue weighted by atomic mass is 32.2. The Morgan fingerprint density at radius 2 is 2.00 bits per heavy atom. The Hall–Kier alpha value is -1.00. The normalized spacial score (nSPS) is 13.1. The maximum Gasteiger partial charge on any atom is 0.230 e. The number of hydrogen-bond acceptors (Lipinski definition) is 3. The van der Waals surface area contributed by atoms with E-state index >= 15 is 0 Å². The molecule has 0 aromatic heterocycles. The van der Waals surface area contributed by atoms with Gasteiger partial charge in [-0.2, -0.15) is 11.8 Å². The van der Waals surface area contributed by atoms with Crippen molar-refractivity contribution in [2.24, 2.45) is 11.1 Å². The quantitative estimate of drug-likeness (QED) is 0.807. The topological polar surface area (TPSA) is 55.1 Å². The highest BCUT2D eigenvalue weighted by Gasteiger charge is 2.28. The number of anilines is 1. The van der Waals surface area contributed by atoms with Crippen molar-refractivity contribution in [3.05, 3.63) is 30.3 Å². The second-order valence-corrected chi connectivity index (χ2v) is 6.83. The van der Waals surface area contributed by atoms with Crippen LogP contribution in [0.2, 0.25) is 0 Å². The first-order valence-electron chi connectivity index (χ1n) is 6.64. The standard InChI is InChI=1S/C15H24N2OS/c1-12(9-10-16)19-11-15(2,3)14(18)17-13-7-5-4-6-8-13/h4-8,12H,9-11,16H2,1-3H3,(H,17,18). The molecule has 0 heterocycles. The molecule has 106 valence electrons. The van der Waals surface area contributed by atoms with Crippen LogP contribution in [0.5, 0.6) is 0 Å². The van der Waals surface area contributed by atoms with Gasteiger partial charge < -0.3 is 11.1 Å². The molecule has 0 saturated carbocycles. The molecule has 1 rings (SSSR count). The summed E-state index contributed by atoms with van der Waals surface area (Å²) in [5, 5.41) is 3.46. The van der Waals surface area contributed by atoms with Gasteiger partial charge in [0.25, 0.3) is 0 Å². The molecule has 19 heavy (non-hydrogen) atoms. The molecule has 0 spiro atoms. The van der Waals surface area contributed by atoms with Gasteiger partial charge in [-0.25, -0.2) is 0 Å². The third-order valence-corrected chi connectivity index (χ3v) is 4.64. The zero-order valence-electron chi connectivity index (χ0n) is 12.0. The molecule has 4 heteroatoms. The Labute approximate surface area is 120 Å². The van der Waals surface area contributed by atoms with E-state index in [-0.39, 0.29) is 11.3 Å². The third-order valence-electron chi connectivity index (χ3n) is 2.95. The van der Waals surface area contributed by atoms with Gasteiger partial charge in [-0.05, 0) is 25.1 Å². The van der Waals surface area contributed by atoms with Crippen LogP contribution in [0.3, 0.4) is 0 Å². The van der Waals surface area contributed by atoms with E-state index in [2.05, 4.69) is 12.2 Å². The number of hydrogen-bond donors (Lipinski definition) is 2. The number of nitrogens with one attached hydrogen (secondary N) is 1. The fourth-order valence-corrected chi connectivity index (χ4v) is 2.69. The van der Waals surface area contributed by atoms with Crippen molar-refractivity contribution < 1.29 is 4.79 Å². The van der Waals surface area contributed by atoms with E-state index in [1.807, 2.05) is 44.2 Å². The molecule has 0 bridgehead atoms. The molecule has 1 aromatic carbocycles. The fraction of sp³-hybridized carbons (Fsp3) is 0.533. The molecule has 0 saturated heterocycles. The predicted octanol–water partition coefficient (Wildman–Crippen LogP) is 3.12. The highest BCUT2D eigenvalue weighted by Crippen LogP contribution is 2.27. The van der Waals surface area contributed by atoms with Gasteiger partial charge in [0.2, 0.25) is 5.91 Å². The van der Waals surface area contributed by atoms with E-state index < -0.39 is 0 Å². The van der Waals surface area contributed by atoms with Gasteiger partial charge in [-0.15, -0.1) is 0 Å². The van der Waals surface area contributed by atoms with Crippen molar-refractivity contribution in [1.82, 2.24) is 0 Å². The number of benzene rings is 1. The van der Waals surface area contributed by atoms with Crippen LogP contribution in [0, 0.1) is 5.41 Å². The van der Waals surface area contributed by atoms with Gasteiger partial charge in [-0.3, -0.25) is 4.79 Å². The lowest BCUT2D eigenvalue weighted by molar-refractivity contribution is -0.122. The van der Waals surface area contributed by atoms with Crippen LogP contribution in [0.25, 0.3) is 0 Å². The zero-order valence-corrected chi connectivity index (χ0v) is 12.8. The molecule has 0 fully saturated rings. The minimum Gasteiger partial charge on any atom is -0.330 e. The molecule has 0 aliphatic rings. The van der Waals surface area contributed by atoms with E-state index in [1.165, 1.54) is 0 Å². The minimum absolute atomic E-state index is 0.0612. The van der Waals surface area contributed by atoms with Gasteiger partial charge in [0.1, 0.15) is 0 Å². The number of amides is 1. The first-order valence-corrected chi connectivity index (χ1v) is 7.69. The summed E-state index contributed by atoms with van der Waals surface area (Å²) in [6.45, 7) is 6.81. The van der Waals surface area contributed by atoms with Crippen molar-refractivity contribution in [3.63, 3.8) is 0 Å². The van der Waals surface area contributed by atoms with E-state index in [4.69, 9.17) is 5.73 Å². The number of thioether (sulfide) groups is 1. The summed E-state index contributed by atoms with van der Waals surface area (Å²) in [6.07, 6.45) is 0.987. The maximum absolute atomic E-state index is 12.3. The molecular formula is C15H24N2OS. The van der Waals surface area contributed by atoms with Crippen molar-refractivity contribution >= 4 is 23.4 Å². The van der Waals surface area contributed by atoms with Crippen LogP contribution in [0.15, 0.2) is 30.3 Å². The lowest BCUT2D eigenvalue weighted by Gasteiger charge is -2.24. The number of rotatable bonds is 7. The molecule has 0 aliphatic carbocycles. The van der Waals surface area contributed by atoms with E-state index in [1.54, 1.807) is 11.8 Å². The molecular weight excluding hydrogens is 256 g/mol. The Morgan fingerprint density at radius 1 is 1.37 bits per heavy atom. The van der Waals surface area contributed by atoms with Gasteiger partial charge in [-0.1, -0.05) is 39.0 Å². The average Bonchev–Trinajstić information content (AvgIpc) is 2.38. The molecule has 1 unspecified atom stereocenters. The molecule has 3 N–H and O–H groups in total. The largest absolute Gasteiger partial charge is 0.330 e. The number of para-hydroxylation sites is 1. The summed E-state index contributed by atoms with van der Waals surface area (Å²) in [5.74, 6) is 0.860. The first-order chi connectivity index (χ1) is 8.95. The number of carbonyl (C=O) groups is 1. The summed E-state index contributed by atoms with van der Waals surface area (Å²) < 4.78 is 0. The van der Waals surface area contributed by atoms with E-state index in [0.29, 0.717) is 11.8 Å². The van der Waals surface area contributed by atoms with Gasteiger partial charge in [0.05, 0.1) is 5.41 Å². The van der Waals surface area contributed by atoms with Crippen LogP contribution in [-0.2, 0) is 4.79 Å². The summed E-state index contributed by atoms with van der Waals surface area (Å²) in [5.41, 5.74) is 6.00. The lowest BCUT2D eigenvalue weighted by atomic mass is 9.95. The van der Waals surface area contributed by atoms with Crippen molar-refractivity contribution in [2.75, 3.05) is 17.6 Å². The molecule has 1 atom stereocenters. The zero-order chi connectivity index (χ0) is 14.3. The van der Waals surface area contributed by atoms with Crippen LogP contribution in [-0.4, -0.2) is 23.5 Å². The summed E-state index contributed by atoms with van der Waals surface area (Å²) in [7, 11) is 0. The second-order valence-electron chi connectivity index (χ2n) is 5.40.